The molecule has 1 aromatic carbocycles. The van der Waals surface area contributed by atoms with E-state index in [1.807, 2.05) is 5.38 Å². The van der Waals surface area contributed by atoms with Gasteiger partial charge < -0.3 is 0 Å². The molecule has 1 aliphatic rings. The molecule has 4 heteroatoms. The summed E-state index contributed by atoms with van der Waals surface area (Å²) in [6.07, 6.45) is 2.90. The molecule has 0 spiro atoms. The van der Waals surface area contributed by atoms with Crippen molar-refractivity contribution in [3.8, 4) is 17.3 Å². The lowest BCUT2D eigenvalue weighted by molar-refractivity contribution is 0.323. The predicted octanol–water partition coefficient (Wildman–Crippen LogP) is 3.89. The molecule has 0 bridgehead atoms. The van der Waals surface area contributed by atoms with Crippen LogP contribution in [0.25, 0.3) is 11.3 Å². The Morgan fingerprint density at radius 3 is 2.56 bits per heavy atom. The number of hydrogen-bond acceptors (Lipinski definition) is 3. The fourth-order valence-corrected chi connectivity index (χ4v) is 3.19. The maximum absolute atomic E-state index is 12.9. The highest BCUT2D eigenvalue weighted by atomic mass is 32.1. The maximum Gasteiger partial charge on any atom is 0.123 e. The SMILES string of the molecule is N#CC1(c2nc(-c3ccc(F)cc3)cs2)CCC1. The first-order valence-corrected chi connectivity index (χ1v) is 6.75. The van der Waals surface area contributed by atoms with Crippen LogP contribution in [0.1, 0.15) is 24.3 Å². The van der Waals surface area contributed by atoms with Crippen molar-refractivity contribution in [2.75, 3.05) is 0 Å². The molecule has 0 saturated heterocycles. The summed E-state index contributed by atoms with van der Waals surface area (Å²) in [5.41, 5.74) is 1.37. The van der Waals surface area contributed by atoms with Crippen LogP contribution in [0.2, 0.25) is 0 Å². The molecule has 0 amide bonds. The predicted molar refractivity (Wildman–Crippen MR) is 68.7 cm³/mol. The van der Waals surface area contributed by atoms with Crippen LogP contribution < -0.4 is 0 Å². The van der Waals surface area contributed by atoms with E-state index in [2.05, 4.69) is 11.1 Å². The van der Waals surface area contributed by atoms with E-state index in [0.29, 0.717) is 0 Å². The van der Waals surface area contributed by atoms with Gasteiger partial charge >= 0.3 is 0 Å². The monoisotopic (exact) mass is 258 g/mol. The zero-order chi connectivity index (χ0) is 12.6. The second kappa shape index (κ2) is 4.18. The Balaban J connectivity index is 1.95. The van der Waals surface area contributed by atoms with E-state index < -0.39 is 0 Å². The maximum atomic E-state index is 12.9. The lowest BCUT2D eigenvalue weighted by atomic mass is 9.70. The molecule has 1 heterocycles. The average Bonchev–Trinajstić information content (AvgIpc) is 2.79. The minimum atomic E-state index is -0.358. The van der Waals surface area contributed by atoms with Crippen LogP contribution in [0, 0.1) is 17.1 Å². The molecule has 3 rings (SSSR count). The van der Waals surface area contributed by atoms with Crippen LogP contribution in [-0.4, -0.2) is 4.98 Å². The van der Waals surface area contributed by atoms with Crippen molar-refractivity contribution in [2.24, 2.45) is 0 Å². The Hall–Kier alpha value is -1.73. The summed E-state index contributed by atoms with van der Waals surface area (Å²) in [7, 11) is 0. The third-order valence-electron chi connectivity index (χ3n) is 3.47. The summed E-state index contributed by atoms with van der Waals surface area (Å²) in [5.74, 6) is -0.248. The highest BCUT2D eigenvalue weighted by molar-refractivity contribution is 7.10. The summed E-state index contributed by atoms with van der Waals surface area (Å²) in [6, 6.07) is 8.68. The van der Waals surface area contributed by atoms with E-state index in [-0.39, 0.29) is 11.2 Å². The van der Waals surface area contributed by atoms with Gasteiger partial charge in [0, 0.05) is 10.9 Å². The summed E-state index contributed by atoms with van der Waals surface area (Å²) in [5, 5.41) is 12.1. The number of nitrogens with zero attached hydrogens (tertiary/aromatic N) is 2. The summed E-state index contributed by atoms with van der Waals surface area (Å²) >= 11 is 1.53. The van der Waals surface area contributed by atoms with Gasteiger partial charge in [0.15, 0.2) is 0 Å². The van der Waals surface area contributed by atoms with Crippen molar-refractivity contribution in [1.82, 2.24) is 4.98 Å². The molecule has 0 aliphatic heterocycles. The average molecular weight is 258 g/mol. The fourth-order valence-electron chi connectivity index (χ4n) is 2.15. The zero-order valence-electron chi connectivity index (χ0n) is 9.69. The second-order valence-electron chi connectivity index (χ2n) is 4.59. The normalized spacial score (nSPS) is 16.9. The lowest BCUT2D eigenvalue weighted by Gasteiger charge is -2.32. The van der Waals surface area contributed by atoms with Gasteiger partial charge in [-0.3, -0.25) is 0 Å². The van der Waals surface area contributed by atoms with E-state index in [1.165, 1.54) is 23.5 Å². The first-order chi connectivity index (χ1) is 8.73. The van der Waals surface area contributed by atoms with Gasteiger partial charge in [-0.2, -0.15) is 5.26 Å². The van der Waals surface area contributed by atoms with Gasteiger partial charge in [0.2, 0.25) is 0 Å². The molecule has 0 unspecified atom stereocenters. The van der Waals surface area contributed by atoms with Crippen molar-refractivity contribution in [3.05, 3.63) is 40.5 Å². The Bertz CT molecular complexity index is 605. The van der Waals surface area contributed by atoms with Gasteiger partial charge in [-0.1, -0.05) is 0 Å². The fraction of sp³-hybridized carbons (Fsp3) is 0.286. The highest BCUT2D eigenvalue weighted by Gasteiger charge is 2.41. The van der Waals surface area contributed by atoms with Gasteiger partial charge in [-0.05, 0) is 43.5 Å². The zero-order valence-corrected chi connectivity index (χ0v) is 10.5. The molecular weight excluding hydrogens is 247 g/mol. The van der Waals surface area contributed by atoms with Gasteiger partial charge in [0.05, 0.1) is 11.8 Å². The van der Waals surface area contributed by atoms with Crippen LogP contribution in [0.5, 0.6) is 0 Å². The number of thiazole rings is 1. The van der Waals surface area contributed by atoms with E-state index in [4.69, 9.17) is 0 Å². The van der Waals surface area contributed by atoms with Gasteiger partial charge in [0.1, 0.15) is 16.2 Å². The summed E-state index contributed by atoms with van der Waals surface area (Å²) < 4.78 is 12.9. The van der Waals surface area contributed by atoms with Gasteiger partial charge in [-0.25, -0.2) is 9.37 Å². The van der Waals surface area contributed by atoms with E-state index in [0.717, 1.165) is 35.5 Å². The molecule has 1 aromatic heterocycles. The third-order valence-corrected chi connectivity index (χ3v) is 4.52. The third kappa shape index (κ3) is 1.72. The van der Waals surface area contributed by atoms with E-state index in [9.17, 15) is 9.65 Å². The lowest BCUT2D eigenvalue weighted by Crippen LogP contribution is -2.32. The molecular formula is C14H11FN2S. The molecule has 2 aromatic rings. The molecule has 1 saturated carbocycles. The Morgan fingerprint density at radius 1 is 1.28 bits per heavy atom. The number of rotatable bonds is 2. The van der Waals surface area contributed by atoms with Crippen LogP contribution >= 0.6 is 11.3 Å². The first-order valence-electron chi connectivity index (χ1n) is 5.87. The molecule has 0 atom stereocenters. The number of halogens is 1. The summed E-state index contributed by atoms with van der Waals surface area (Å²) in [6.45, 7) is 0. The minimum Gasteiger partial charge on any atom is -0.240 e. The molecule has 0 N–H and O–H groups in total. The molecule has 0 radical (unpaired) electrons. The number of aromatic nitrogens is 1. The van der Waals surface area contributed by atoms with Gasteiger partial charge in [0.25, 0.3) is 0 Å². The Labute approximate surface area is 109 Å². The summed E-state index contributed by atoms with van der Waals surface area (Å²) in [4.78, 5) is 4.55. The molecule has 90 valence electrons. The Kier molecular flexibility index (Phi) is 2.64. The van der Waals surface area contributed by atoms with Crippen LogP contribution in [0.15, 0.2) is 29.6 Å². The van der Waals surface area contributed by atoms with Crippen molar-refractivity contribution in [1.29, 1.82) is 5.26 Å². The first kappa shape index (κ1) is 11.4. The van der Waals surface area contributed by atoms with Crippen molar-refractivity contribution >= 4 is 11.3 Å². The molecule has 2 nitrogen and oxygen atoms in total. The topological polar surface area (TPSA) is 36.7 Å². The van der Waals surface area contributed by atoms with Crippen molar-refractivity contribution in [3.63, 3.8) is 0 Å². The number of benzene rings is 1. The van der Waals surface area contributed by atoms with Gasteiger partial charge in [-0.15, -0.1) is 11.3 Å². The second-order valence-corrected chi connectivity index (χ2v) is 5.45. The van der Waals surface area contributed by atoms with Crippen LogP contribution in [-0.2, 0) is 5.41 Å². The van der Waals surface area contributed by atoms with E-state index >= 15 is 0 Å². The van der Waals surface area contributed by atoms with E-state index in [1.54, 1.807) is 12.1 Å². The largest absolute Gasteiger partial charge is 0.240 e. The number of nitriles is 1. The van der Waals surface area contributed by atoms with Crippen molar-refractivity contribution in [2.45, 2.75) is 24.7 Å². The molecule has 1 fully saturated rings. The highest BCUT2D eigenvalue weighted by Crippen LogP contribution is 2.45. The molecule has 1 aliphatic carbocycles. The van der Waals surface area contributed by atoms with Crippen LogP contribution in [0.3, 0.4) is 0 Å². The molecule has 18 heavy (non-hydrogen) atoms. The quantitative estimate of drug-likeness (QED) is 0.819. The smallest absolute Gasteiger partial charge is 0.123 e. The number of hydrogen-bond donors (Lipinski definition) is 0. The van der Waals surface area contributed by atoms with Crippen molar-refractivity contribution < 1.29 is 4.39 Å². The standard InChI is InChI=1S/C14H11FN2S/c15-11-4-2-10(3-5-11)12-8-18-13(17-12)14(9-16)6-1-7-14/h2-5,8H,1,6-7H2. The van der Waals surface area contributed by atoms with Crippen LogP contribution in [0.4, 0.5) is 4.39 Å². The Morgan fingerprint density at radius 2 is 2.00 bits per heavy atom. The minimum absolute atomic E-state index is 0.248.